The van der Waals surface area contributed by atoms with Crippen LogP contribution in [-0.2, 0) is 4.74 Å². The first kappa shape index (κ1) is 13.0. The van der Waals surface area contributed by atoms with Crippen molar-refractivity contribution in [2.45, 2.75) is 77.0 Å². The Labute approximate surface area is 94.8 Å². The normalized spacial score (nSPS) is 28.2. The average molecular weight is 213 g/mol. The van der Waals surface area contributed by atoms with E-state index in [9.17, 15) is 0 Å². The fraction of sp³-hybridized carbons (Fsp3) is 1.00. The molecule has 0 aliphatic heterocycles. The van der Waals surface area contributed by atoms with E-state index in [0.29, 0.717) is 18.2 Å². The molecule has 0 bridgehead atoms. The second-order valence-corrected chi connectivity index (χ2v) is 4.88. The highest BCUT2D eigenvalue weighted by atomic mass is 16.5. The minimum absolute atomic E-state index is 0.457. The van der Waals surface area contributed by atoms with Crippen molar-refractivity contribution in [3.05, 3.63) is 0 Å². The predicted octanol–water partition coefficient (Wildman–Crippen LogP) is 3.11. The number of hydrogen-bond acceptors (Lipinski definition) is 2. The molecule has 1 rings (SSSR count). The molecule has 0 amide bonds. The monoisotopic (exact) mass is 213 g/mol. The van der Waals surface area contributed by atoms with Crippen LogP contribution >= 0.6 is 0 Å². The predicted molar refractivity (Wildman–Crippen MR) is 65.2 cm³/mol. The lowest BCUT2D eigenvalue weighted by Crippen LogP contribution is -2.41. The number of nitrogens with one attached hydrogen (secondary N) is 1. The van der Waals surface area contributed by atoms with Gasteiger partial charge in [-0.1, -0.05) is 26.2 Å². The van der Waals surface area contributed by atoms with Crippen LogP contribution in [0.5, 0.6) is 0 Å². The second kappa shape index (κ2) is 7.24. The summed E-state index contributed by atoms with van der Waals surface area (Å²) >= 11 is 0. The van der Waals surface area contributed by atoms with Crippen molar-refractivity contribution in [3.8, 4) is 0 Å². The fourth-order valence-electron chi connectivity index (χ4n) is 2.55. The van der Waals surface area contributed by atoms with Crippen LogP contribution in [0.1, 0.15) is 58.8 Å². The first-order valence-corrected chi connectivity index (χ1v) is 6.56. The van der Waals surface area contributed by atoms with E-state index in [1.54, 1.807) is 0 Å². The zero-order chi connectivity index (χ0) is 11.1. The van der Waals surface area contributed by atoms with E-state index in [2.05, 4.69) is 19.2 Å². The molecular weight excluding hydrogens is 186 g/mol. The molecule has 1 aliphatic rings. The highest BCUT2D eigenvalue weighted by Crippen LogP contribution is 2.22. The van der Waals surface area contributed by atoms with Gasteiger partial charge in [0, 0.05) is 19.2 Å². The van der Waals surface area contributed by atoms with Gasteiger partial charge in [0.15, 0.2) is 0 Å². The van der Waals surface area contributed by atoms with Gasteiger partial charge in [-0.05, 0) is 32.6 Å². The van der Waals surface area contributed by atoms with Gasteiger partial charge in [0.2, 0.25) is 0 Å². The first-order chi connectivity index (χ1) is 7.27. The van der Waals surface area contributed by atoms with Gasteiger partial charge in [-0.15, -0.1) is 0 Å². The minimum Gasteiger partial charge on any atom is -0.380 e. The highest BCUT2D eigenvalue weighted by Gasteiger charge is 2.27. The van der Waals surface area contributed by atoms with Gasteiger partial charge < -0.3 is 10.1 Å². The largest absolute Gasteiger partial charge is 0.380 e. The maximum absolute atomic E-state index is 5.49. The molecule has 15 heavy (non-hydrogen) atoms. The Kier molecular flexibility index (Phi) is 6.26. The third-order valence-electron chi connectivity index (χ3n) is 3.49. The summed E-state index contributed by atoms with van der Waals surface area (Å²) in [6.45, 7) is 4.57. The van der Waals surface area contributed by atoms with Crippen LogP contribution in [-0.4, -0.2) is 25.3 Å². The summed E-state index contributed by atoms with van der Waals surface area (Å²) in [5.74, 6) is 0. The van der Waals surface area contributed by atoms with E-state index in [-0.39, 0.29) is 0 Å². The van der Waals surface area contributed by atoms with Crippen LogP contribution in [0.3, 0.4) is 0 Å². The minimum atomic E-state index is 0.457. The molecule has 0 heterocycles. The average Bonchev–Trinajstić information content (AvgIpc) is 2.65. The topological polar surface area (TPSA) is 21.3 Å². The number of ether oxygens (including phenoxy) is 1. The van der Waals surface area contributed by atoms with E-state index in [1.165, 1.54) is 44.9 Å². The van der Waals surface area contributed by atoms with Crippen LogP contribution in [0.25, 0.3) is 0 Å². The number of methoxy groups -OCH3 is 1. The lowest BCUT2D eigenvalue weighted by atomic mass is 10.1. The molecule has 0 aromatic heterocycles. The van der Waals surface area contributed by atoms with Crippen molar-refractivity contribution in [2.24, 2.45) is 0 Å². The number of unbranched alkanes of at least 4 members (excludes halogenated alkanes) is 2. The van der Waals surface area contributed by atoms with Crippen LogP contribution in [0.2, 0.25) is 0 Å². The Morgan fingerprint density at radius 2 is 2.13 bits per heavy atom. The summed E-state index contributed by atoms with van der Waals surface area (Å²) in [6.07, 6.45) is 9.64. The molecule has 1 aliphatic carbocycles. The number of hydrogen-bond donors (Lipinski definition) is 1. The molecule has 3 atom stereocenters. The lowest BCUT2D eigenvalue weighted by molar-refractivity contribution is 0.0815. The van der Waals surface area contributed by atoms with E-state index in [0.717, 1.165) is 0 Å². The van der Waals surface area contributed by atoms with Crippen molar-refractivity contribution in [1.29, 1.82) is 0 Å². The van der Waals surface area contributed by atoms with Gasteiger partial charge in [-0.2, -0.15) is 0 Å². The summed E-state index contributed by atoms with van der Waals surface area (Å²) in [5.41, 5.74) is 0. The third kappa shape index (κ3) is 4.52. The molecular formula is C13H27NO. The Bertz CT molecular complexity index is 161. The summed E-state index contributed by atoms with van der Waals surface area (Å²) in [5, 5.41) is 3.71. The molecule has 2 heteroatoms. The molecule has 1 saturated carbocycles. The van der Waals surface area contributed by atoms with Gasteiger partial charge in [0.1, 0.15) is 0 Å². The van der Waals surface area contributed by atoms with E-state index in [1.807, 2.05) is 7.11 Å². The molecule has 0 aromatic carbocycles. The van der Waals surface area contributed by atoms with E-state index >= 15 is 0 Å². The molecule has 0 aromatic rings. The van der Waals surface area contributed by atoms with Crippen LogP contribution < -0.4 is 5.32 Å². The van der Waals surface area contributed by atoms with Gasteiger partial charge in [0.05, 0.1) is 6.10 Å². The Hall–Kier alpha value is -0.0800. The fourth-order valence-corrected chi connectivity index (χ4v) is 2.55. The Morgan fingerprint density at radius 3 is 2.80 bits per heavy atom. The Morgan fingerprint density at radius 1 is 1.33 bits per heavy atom. The summed E-state index contributed by atoms with van der Waals surface area (Å²) in [7, 11) is 1.84. The van der Waals surface area contributed by atoms with Gasteiger partial charge in [0.25, 0.3) is 0 Å². The third-order valence-corrected chi connectivity index (χ3v) is 3.49. The maximum Gasteiger partial charge on any atom is 0.0724 e. The first-order valence-electron chi connectivity index (χ1n) is 6.56. The quantitative estimate of drug-likeness (QED) is 0.656. The van der Waals surface area contributed by atoms with Crippen molar-refractivity contribution in [2.75, 3.05) is 7.11 Å². The lowest BCUT2D eigenvalue weighted by Gasteiger charge is -2.24. The van der Waals surface area contributed by atoms with Crippen LogP contribution in [0.4, 0.5) is 0 Å². The molecule has 0 spiro atoms. The number of rotatable bonds is 7. The van der Waals surface area contributed by atoms with Crippen LogP contribution in [0.15, 0.2) is 0 Å². The summed E-state index contributed by atoms with van der Waals surface area (Å²) in [4.78, 5) is 0. The molecule has 0 radical (unpaired) electrons. The van der Waals surface area contributed by atoms with Crippen LogP contribution in [0, 0.1) is 0 Å². The van der Waals surface area contributed by atoms with Gasteiger partial charge >= 0.3 is 0 Å². The molecule has 1 fully saturated rings. The molecule has 2 nitrogen and oxygen atoms in total. The van der Waals surface area contributed by atoms with E-state index < -0.39 is 0 Å². The molecule has 1 N–H and O–H groups in total. The van der Waals surface area contributed by atoms with Crippen molar-refractivity contribution >= 4 is 0 Å². The van der Waals surface area contributed by atoms with Gasteiger partial charge in [-0.3, -0.25) is 0 Å². The smallest absolute Gasteiger partial charge is 0.0724 e. The Balaban J connectivity index is 2.15. The molecule has 90 valence electrons. The van der Waals surface area contributed by atoms with Crippen molar-refractivity contribution in [1.82, 2.24) is 5.32 Å². The zero-order valence-electron chi connectivity index (χ0n) is 10.6. The highest BCUT2D eigenvalue weighted by molar-refractivity contribution is 4.85. The molecule has 0 saturated heterocycles. The SMILES string of the molecule is CCCCCC(C)NC1CCCC1OC. The standard InChI is InChI=1S/C13H27NO/c1-4-5-6-8-11(2)14-12-9-7-10-13(12)15-3/h11-14H,4-10H2,1-3H3. The summed E-state index contributed by atoms with van der Waals surface area (Å²) in [6, 6.07) is 1.25. The zero-order valence-corrected chi connectivity index (χ0v) is 10.6. The van der Waals surface area contributed by atoms with E-state index in [4.69, 9.17) is 4.74 Å². The second-order valence-electron chi connectivity index (χ2n) is 4.88. The molecule has 3 unspecified atom stereocenters. The summed E-state index contributed by atoms with van der Waals surface area (Å²) < 4.78 is 5.49. The van der Waals surface area contributed by atoms with Crippen molar-refractivity contribution in [3.63, 3.8) is 0 Å². The van der Waals surface area contributed by atoms with Crippen molar-refractivity contribution < 1.29 is 4.74 Å². The maximum atomic E-state index is 5.49. The van der Waals surface area contributed by atoms with Gasteiger partial charge in [-0.25, -0.2) is 0 Å².